The highest BCUT2D eigenvalue weighted by Gasteiger charge is 2.16. The molecule has 2 aromatic carbocycles. The van der Waals surface area contributed by atoms with Crippen LogP contribution in [0.1, 0.15) is 87.1 Å². The molecule has 0 amide bonds. The number of hydrogen-bond acceptors (Lipinski definition) is 2. The normalized spacial score (nSPS) is 11.9. The molecule has 0 aliphatic rings. The third kappa shape index (κ3) is 8.06. The Balaban J connectivity index is 1.74. The van der Waals surface area contributed by atoms with E-state index < -0.39 is 5.56 Å². The molecule has 0 N–H and O–H groups in total. The van der Waals surface area contributed by atoms with Crippen molar-refractivity contribution in [1.82, 2.24) is 0 Å². The summed E-state index contributed by atoms with van der Waals surface area (Å²) < 4.78 is 5.90. The molecule has 0 bridgehead atoms. The second-order valence-electron chi connectivity index (χ2n) is 7.34. The Morgan fingerprint density at radius 1 is 0.821 bits per heavy atom. The first-order chi connectivity index (χ1) is 13.7. The van der Waals surface area contributed by atoms with Crippen LogP contribution in [-0.4, -0.2) is 11.3 Å². The van der Waals surface area contributed by atoms with Gasteiger partial charge in [-0.2, -0.15) is 0 Å². The van der Waals surface area contributed by atoms with Crippen LogP contribution in [0.3, 0.4) is 0 Å². The van der Waals surface area contributed by atoms with Gasteiger partial charge in [0, 0.05) is 5.56 Å². The van der Waals surface area contributed by atoms with E-state index in [1.807, 2.05) is 48.5 Å². The van der Waals surface area contributed by atoms with Crippen LogP contribution < -0.4 is 4.74 Å². The van der Waals surface area contributed by atoms with Gasteiger partial charge < -0.3 is 4.74 Å². The van der Waals surface area contributed by atoms with Gasteiger partial charge in [0.25, 0.3) is 0 Å². The summed E-state index contributed by atoms with van der Waals surface area (Å²) in [6.45, 7) is 2.25. The van der Waals surface area contributed by atoms with Crippen molar-refractivity contribution in [2.24, 2.45) is 0 Å². The molecule has 0 heterocycles. The molecule has 0 radical (unpaired) electrons. The number of carbonyl (C=O) groups is 1. The van der Waals surface area contributed by atoms with Crippen LogP contribution in [-0.2, 0) is 0 Å². The maximum Gasteiger partial charge on any atom is 0.196 e. The van der Waals surface area contributed by atoms with Gasteiger partial charge in [-0.05, 0) is 25.0 Å². The fraction of sp³-hybridized carbons (Fsp3) is 0.480. The van der Waals surface area contributed by atoms with E-state index in [4.69, 9.17) is 16.3 Å². The first-order valence-electron chi connectivity index (χ1n) is 10.7. The summed E-state index contributed by atoms with van der Waals surface area (Å²) in [5.74, 6) is 0.524. The van der Waals surface area contributed by atoms with Crippen molar-refractivity contribution in [3.63, 3.8) is 0 Å². The maximum atomic E-state index is 12.8. The molecule has 3 heteroatoms. The summed E-state index contributed by atoms with van der Waals surface area (Å²) in [7, 11) is 0. The fourth-order valence-corrected chi connectivity index (χ4v) is 3.56. The molecule has 0 aliphatic carbocycles. The zero-order chi connectivity index (χ0) is 20.0. The largest absolute Gasteiger partial charge is 0.474 e. The van der Waals surface area contributed by atoms with E-state index in [2.05, 4.69) is 6.92 Å². The van der Waals surface area contributed by atoms with Crippen molar-refractivity contribution in [2.45, 2.75) is 76.7 Å². The molecule has 0 fully saturated rings. The van der Waals surface area contributed by atoms with Crippen LogP contribution in [0.15, 0.2) is 54.6 Å². The van der Waals surface area contributed by atoms with Crippen LogP contribution in [0.5, 0.6) is 5.75 Å². The van der Waals surface area contributed by atoms with Crippen molar-refractivity contribution in [2.75, 3.05) is 0 Å². The van der Waals surface area contributed by atoms with Gasteiger partial charge in [-0.15, -0.1) is 0 Å². The molecule has 1 atom stereocenters. The van der Waals surface area contributed by atoms with Gasteiger partial charge in [0.15, 0.2) is 11.3 Å². The molecule has 1 unspecified atom stereocenters. The fourth-order valence-electron chi connectivity index (χ4n) is 3.31. The number of para-hydroxylation sites is 1. The summed E-state index contributed by atoms with van der Waals surface area (Å²) in [6.07, 6.45) is 12.3. The number of hydrogen-bond donors (Lipinski definition) is 0. The average molecular weight is 401 g/mol. The summed E-state index contributed by atoms with van der Waals surface area (Å²) >= 11 is 6.40. The number of carbonyl (C=O) groups excluding carboxylic acids is 1. The lowest BCUT2D eigenvalue weighted by atomic mass is 10.0. The topological polar surface area (TPSA) is 26.3 Å². The van der Waals surface area contributed by atoms with E-state index >= 15 is 0 Å². The zero-order valence-electron chi connectivity index (χ0n) is 17.0. The first kappa shape index (κ1) is 22.5. The molecule has 0 saturated carbocycles. The molecule has 2 aromatic rings. The number of ether oxygens (including phenoxy) is 1. The lowest BCUT2D eigenvalue weighted by Gasteiger charge is -2.15. The van der Waals surface area contributed by atoms with Gasteiger partial charge in [-0.25, -0.2) is 0 Å². The van der Waals surface area contributed by atoms with E-state index in [0.29, 0.717) is 16.9 Å². The van der Waals surface area contributed by atoms with Crippen molar-refractivity contribution in [3.05, 3.63) is 65.7 Å². The van der Waals surface area contributed by atoms with Crippen LogP contribution >= 0.6 is 11.6 Å². The van der Waals surface area contributed by atoms with E-state index in [-0.39, 0.29) is 5.78 Å². The highest BCUT2D eigenvalue weighted by molar-refractivity contribution is 6.20. The van der Waals surface area contributed by atoms with E-state index in [0.717, 1.165) is 12.8 Å². The molecular formula is C25H33ClO2. The second kappa shape index (κ2) is 13.4. The number of halogens is 1. The van der Waals surface area contributed by atoms with Crippen LogP contribution in [0.4, 0.5) is 0 Å². The third-order valence-corrected chi connectivity index (χ3v) is 5.26. The molecule has 2 rings (SSSR count). The van der Waals surface area contributed by atoms with E-state index in [1.165, 1.54) is 51.4 Å². The minimum absolute atomic E-state index is 0.0388. The van der Waals surface area contributed by atoms with Crippen LogP contribution in [0.25, 0.3) is 0 Å². The predicted molar refractivity (Wildman–Crippen MR) is 118 cm³/mol. The number of ketones is 1. The van der Waals surface area contributed by atoms with Gasteiger partial charge in [-0.3, -0.25) is 4.79 Å². The molecule has 2 nitrogen and oxygen atoms in total. The monoisotopic (exact) mass is 400 g/mol. The summed E-state index contributed by atoms with van der Waals surface area (Å²) in [4.78, 5) is 12.8. The van der Waals surface area contributed by atoms with E-state index in [1.54, 1.807) is 6.07 Å². The molecule has 0 spiro atoms. The standard InChI is InChI=1S/C25H33ClO2/c1-2-3-4-5-6-7-8-9-13-20-24(26)28-23-19-15-14-18-22(23)25(27)21-16-11-10-12-17-21/h10-12,14-19,24H,2-9,13,20H2,1H3. The minimum Gasteiger partial charge on any atom is -0.474 e. The second-order valence-corrected chi connectivity index (χ2v) is 7.82. The average Bonchev–Trinajstić information content (AvgIpc) is 2.73. The Bertz CT molecular complexity index is 684. The summed E-state index contributed by atoms with van der Waals surface area (Å²) in [6, 6.07) is 16.6. The van der Waals surface area contributed by atoms with Gasteiger partial charge in [0.1, 0.15) is 5.75 Å². The van der Waals surface area contributed by atoms with Crippen molar-refractivity contribution >= 4 is 17.4 Å². The lowest BCUT2D eigenvalue weighted by molar-refractivity contribution is 0.103. The Labute approximate surface area is 175 Å². The molecule has 0 aliphatic heterocycles. The van der Waals surface area contributed by atoms with Crippen molar-refractivity contribution in [3.8, 4) is 5.75 Å². The van der Waals surface area contributed by atoms with Gasteiger partial charge in [-0.1, -0.05) is 112 Å². The minimum atomic E-state index is -0.408. The molecule has 0 saturated heterocycles. The molecule has 152 valence electrons. The van der Waals surface area contributed by atoms with Crippen molar-refractivity contribution in [1.29, 1.82) is 0 Å². The van der Waals surface area contributed by atoms with Gasteiger partial charge in [0.2, 0.25) is 0 Å². The molecule has 28 heavy (non-hydrogen) atoms. The predicted octanol–water partition coefficient (Wildman–Crippen LogP) is 7.78. The number of alkyl halides is 1. The molecule has 0 aromatic heterocycles. The van der Waals surface area contributed by atoms with E-state index in [9.17, 15) is 4.79 Å². The molecular weight excluding hydrogens is 368 g/mol. The highest BCUT2D eigenvalue weighted by atomic mass is 35.5. The Kier molecular flexibility index (Phi) is 10.8. The lowest BCUT2D eigenvalue weighted by Crippen LogP contribution is -2.12. The Morgan fingerprint density at radius 3 is 2.07 bits per heavy atom. The number of rotatable bonds is 14. The van der Waals surface area contributed by atoms with Crippen LogP contribution in [0, 0.1) is 0 Å². The van der Waals surface area contributed by atoms with Gasteiger partial charge >= 0.3 is 0 Å². The van der Waals surface area contributed by atoms with Gasteiger partial charge in [0.05, 0.1) is 5.56 Å². The zero-order valence-corrected chi connectivity index (χ0v) is 17.8. The first-order valence-corrected chi connectivity index (χ1v) is 11.2. The summed E-state index contributed by atoms with van der Waals surface area (Å²) in [5.41, 5.74) is 0.810. The summed E-state index contributed by atoms with van der Waals surface area (Å²) in [5, 5.41) is 0. The van der Waals surface area contributed by atoms with Crippen molar-refractivity contribution < 1.29 is 9.53 Å². The third-order valence-electron chi connectivity index (χ3n) is 4.96. The SMILES string of the molecule is CCCCCCCCCCCC(Cl)Oc1ccccc1C(=O)c1ccccc1. The number of benzene rings is 2. The van der Waals surface area contributed by atoms with Crippen LogP contribution in [0.2, 0.25) is 0 Å². The maximum absolute atomic E-state index is 12.8. The number of unbranched alkanes of at least 4 members (excludes halogenated alkanes) is 8. The smallest absolute Gasteiger partial charge is 0.196 e. The highest BCUT2D eigenvalue weighted by Crippen LogP contribution is 2.25. The Hall–Kier alpha value is -1.80. The quantitative estimate of drug-likeness (QED) is 0.184. The Morgan fingerprint density at radius 2 is 1.39 bits per heavy atom.